The van der Waals surface area contributed by atoms with Gasteiger partial charge in [-0.15, -0.1) is 0 Å². The summed E-state index contributed by atoms with van der Waals surface area (Å²) >= 11 is 0. The molecule has 5 heteroatoms. The van der Waals surface area contributed by atoms with E-state index in [-0.39, 0.29) is 17.4 Å². The maximum absolute atomic E-state index is 11.2. The predicted molar refractivity (Wildman–Crippen MR) is 122 cm³/mol. The minimum absolute atomic E-state index is 0.0954. The van der Waals surface area contributed by atoms with Crippen molar-refractivity contribution in [3.05, 3.63) is 88.9 Å². The molecule has 0 aliphatic heterocycles. The van der Waals surface area contributed by atoms with E-state index in [9.17, 15) is 10.2 Å². The van der Waals surface area contributed by atoms with Crippen LogP contribution in [0.5, 0.6) is 17.2 Å². The summed E-state index contributed by atoms with van der Waals surface area (Å²) in [5, 5.41) is 22.3. The number of phenols is 2. The van der Waals surface area contributed by atoms with Gasteiger partial charge in [0.15, 0.2) is 11.5 Å². The van der Waals surface area contributed by atoms with Gasteiger partial charge < -0.3 is 14.9 Å². The van der Waals surface area contributed by atoms with Crippen LogP contribution in [-0.4, -0.2) is 26.8 Å². The van der Waals surface area contributed by atoms with E-state index in [4.69, 9.17) is 4.74 Å². The van der Waals surface area contributed by atoms with Crippen LogP contribution in [-0.2, 0) is 6.42 Å². The topological polar surface area (TPSA) is 75.5 Å². The molecular weight excluding hydrogens is 388 g/mol. The molecule has 4 aromatic rings. The van der Waals surface area contributed by atoms with Crippen LogP contribution < -0.4 is 4.74 Å². The van der Waals surface area contributed by atoms with E-state index in [1.54, 1.807) is 12.3 Å². The molecule has 2 aromatic heterocycles. The fraction of sp³-hybridized carbons (Fsp3) is 0.231. The third-order valence-corrected chi connectivity index (χ3v) is 5.45. The Labute approximate surface area is 182 Å². The smallest absolute Gasteiger partial charge is 0.161 e. The fourth-order valence-electron chi connectivity index (χ4n) is 3.91. The van der Waals surface area contributed by atoms with Gasteiger partial charge in [0.2, 0.25) is 0 Å². The zero-order valence-electron chi connectivity index (χ0n) is 18.0. The van der Waals surface area contributed by atoms with Gasteiger partial charge in [0, 0.05) is 40.9 Å². The zero-order valence-corrected chi connectivity index (χ0v) is 18.0. The van der Waals surface area contributed by atoms with Crippen LogP contribution in [0.1, 0.15) is 40.9 Å². The molecule has 1 unspecified atom stereocenters. The van der Waals surface area contributed by atoms with Crippen molar-refractivity contribution in [1.82, 2.24) is 9.97 Å². The first-order chi connectivity index (χ1) is 15.0. The zero-order chi connectivity index (χ0) is 22.0. The number of phenolic OH excluding ortho intramolecular Hbond substituents is 2. The largest absolute Gasteiger partial charge is 0.505 e. The minimum atomic E-state index is -0.194. The highest BCUT2D eigenvalue weighted by Crippen LogP contribution is 2.40. The van der Waals surface area contributed by atoms with Crippen molar-refractivity contribution in [1.29, 1.82) is 0 Å². The van der Waals surface area contributed by atoms with E-state index in [0.29, 0.717) is 24.3 Å². The molecule has 0 aliphatic rings. The summed E-state index contributed by atoms with van der Waals surface area (Å²) in [4.78, 5) is 9.10. The molecule has 0 saturated heterocycles. The first-order valence-electron chi connectivity index (χ1n) is 10.4. The predicted octanol–water partition coefficient (Wildman–Crippen LogP) is 5.43. The second-order valence-corrected chi connectivity index (χ2v) is 7.77. The summed E-state index contributed by atoms with van der Waals surface area (Å²) < 4.78 is 5.61. The number of aromatic hydroxyl groups is 2. The molecule has 0 radical (unpaired) electrons. The molecule has 5 nitrogen and oxygen atoms in total. The summed E-state index contributed by atoms with van der Waals surface area (Å²) in [5.41, 5.74) is 5.18. The van der Waals surface area contributed by atoms with E-state index >= 15 is 0 Å². The Hall–Kier alpha value is -3.60. The van der Waals surface area contributed by atoms with Gasteiger partial charge in [-0.25, -0.2) is 4.98 Å². The number of fused-ring (bicyclic) bond motifs is 1. The van der Waals surface area contributed by atoms with Crippen LogP contribution in [0.4, 0.5) is 0 Å². The second-order valence-electron chi connectivity index (χ2n) is 7.77. The lowest BCUT2D eigenvalue weighted by Crippen LogP contribution is -2.08. The van der Waals surface area contributed by atoms with Crippen molar-refractivity contribution in [3.63, 3.8) is 0 Å². The number of aromatic nitrogens is 2. The Balaban J connectivity index is 1.87. The number of hydrogen-bond acceptors (Lipinski definition) is 5. The minimum Gasteiger partial charge on any atom is -0.505 e. The summed E-state index contributed by atoms with van der Waals surface area (Å²) in [5.74, 6) is 0.500. The molecule has 158 valence electrons. The average molecular weight is 415 g/mol. The van der Waals surface area contributed by atoms with E-state index in [2.05, 4.69) is 16.0 Å². The van der Waals surface area contributed by atoms with Gasteiger partial charge in [-0.3, -0.25) is 4.98 Å². The molecule has 0 spiro atoms. The Morgan fingerprint density at radius 3 is 2.55 bits per heavy atom. The molecule has 2 aromatic carbocycles. The van der Waals surface area contributed by atoms with Gasteiger partial charge >= 0.3 is 0 Å². The molecule has 2 heterocycles. The molecule has 1 atom stereocenters. The molecule has 0 fully saturated rings. The molecule has 0 bridgehead atoms. The lowest BCUT2D eigenvalue weighted by molar-refractivity contribution is 0.317. The van der Waals surface area contributed by atoms with Gasteiger partial charge in [-0.2, -0.15) is 0 Å². The summed E-state index contributed by atoms with van der Waals surface area (Å²) in [7, 11) is 0. The summed E-state index contributed by atoms with van der Waals surface area (Å²) in [6.45, 7) is 6.27. The third kappa shape index (κ3) is 4.31. The lowest BCUT2D eigenvalue weighted by atomic mass is 9.85. The number of hydrogen-bond donors (Lipinski definition) is 2. The molecule has 0 aliphatic carbocycles. The van der Waals surface area contributed by atoms with Crippen LogP contribution in [0.2, 0.25) is 0 Å². The van der Waals surface area contributed by atoms with Crippen molar-refractivity contribution in [2.24, 2.45) is 0 Å². The first-order valence-corrected chi connectivity index (χ1v) is 10.4. The van der Waals surface area contributed by atoms with E-state index in [1.165, 1.54) is 0 Å². The third-order valence-electron chi connectivity index (χ3n) is 5.45. The number of pyridine rings is 2. The van der Waals surface area contributed by atoms with E-state index in [1.807, 2.05) is 63.2 Å². The molecule has 2 N–H and O–H groups in total. The van der Waals surface area contributed by atoms with E-state index < -0.39 is 0 Å². The van der Waals surface area contributed by atoms with Crippen molar-refractivity contribution in [2.75, 3.05) is 6.61 Å². The van der Waals surface area contributed by atoms with E-state index in [0.717, 1.165) is 33.5 Å². The van der Waals surface area contributed by atoms with Crippen molar-refractivity contribution < 1.29 is 14.9 Å². The standard InChI is InChI=1S/C26H26N2O3/c1-4-31-24-14-19(8-10-23(24)29)22(15-20-13-16(2)11-12-27-20)21-9-7-18-6-5-17(3)28-25(18)26(21)30/h5-14,22,29-30H,4,15H2,1-3H3. The number of nitrogens with zero attached hydrogens (tertiary/aromatic N) is 2. The average Bonchev–Trinajstić information content (AvgIpc) is 2.75. The Kier molecular flexibility index (Phi) is 5.76. The fourth-order valence-corrected chi connectivity index (χ4v) is 3.91. The van der Waals surface area contributed by atoms with Gasteiger partial charge in [-0.05, 0) is 62.2 Å². The Morgan fingerprint density at radius 2 is 1.77 bits per heavy atom. The van der Waals surface area contributed by atoms with Crippen molar-refractivity contribution >= 4 is 10.9 Å². The quantitative estimate of drug-likeness (QED) is 0.440. The van der Waals surface area contributed by atoms with Crippen LogP contribution in [0.25, 0.3) is 10.9 Å². The monoisotopic (exact) mass is 414 g/mol. The van der Waals surface area contributed by atoms with Gasteiger partial charge in [0.25, 0.3) is 0 Å². The SMILES string of the molecule is CCOc1cc(C(Cc2cc(C)ccn2)c2ccc3ccc(C)nc3c2O)ccc1O. The van der Waals surface area contributed by atoms with Crippen LogP contribution >= 0.6 is 0 Å². The lowest BCUT2D eigenvalue weighted by Gasteiger charge is -2.21. The van der Waals surface area contributed by atoms with Crippen LogP contribution in [0.15, 0.2) is 60.8 Å². The highest BCUT2D eigenvalue weighted by atomic mass is 16.5. The summed E-state index contributed by atoms with van der Waals surface area (Å²) in [6.07, 6.45) is 2.39. The number of benzene rings is 2. The molecule has 0 saturated carbocycles. The van der Waals surface area contributed by atoms with Gasteiger partial charge in [0.05, 0.1) is 6.61 Å². The molecule has 0 amide bonds. The highest BCUT2D eigenvalue weighted by molar-refractivity contribution is 5.86. The Bertz CT molecular complexity index is 1240. The maximum Gasteiger partial charge on any atom is 0.161 e. The van der Waals surface area contributed by atoms with Crippen molar-refractivity contribution in [3.8, 4) is 17.2 Å². The molecule has 31 heavy (non-hydrogen) atoms. The van der Waals surface area contributed by atoms with Gasteiger partial charge in [-0.1, -0.05) is 24.3 Å². The number of ether oxygens (including phenoxy) is 1. The second kappa shape index (κ2) is 8.64. The first kappa shape index (κ1) is 20.7. The van der Waals surface area contributed by atoms with Crippen LogP contribution in [0, 0.1) is 13.8 Å². The molecule has 4 rings (SSSR count). The number of rotatable bonds is 6. The normalized spacial score (nSPS) is 12.1. The maximum atomic E-state index is 11.2. The van der Waals surface area contributed by atoms with Gasteiger partial charge in [0.1, 0.15) is 11.3 Å². The van der Waals surface area contributed by atoms with Crippen LogP contribution in [0.3, 0.4) is 0 Å². The Morgan fingerprint density at radius 1 is 0.968 bits per heavy atom. The number of aryl methyl sites for hydroxylation is 2. The highest BCUT2D eigenvalue weighted by Gasteiger charge is 2.22. The molecular formula is C26H26N2O3. The summed E-state index contributed by atoms with van der Waals surface area (Å²) in [6, 6.07) is 17.2. The van der Waals surface area contributed by atoms with Crippen molar-refractivity contribution in [2.45, 2.75) is 33.1 Å².